The Kier molecular flexibility index (Phi) is 4.59. The Morgan fingerprint density at radius 1 is 1.24 bits per heavy atom. The second-order valence-electron chi connectivity index (χ2n) is 6.33. The topological polar surface area (TPSA) is 32.3 Å². The van der Waals surface area contributed by atoms with Crippen LogP contribution >= 0.6 is 0 Å². The van der Waals surface area contributed by atoms with E-state index in [1.54, 1.807) is 0 Å². The minimum atomic E-state index is 0.276. The van der Waals surface area contributed by atoms with Crippen LogP contribution in [0.5, 0.6) is 0 Å². The summed E-state index contributed by atoms with van der Waals surface area (Å²) in [5, 5.41) is 3.65. The highest BCUT2D eigenvalue weighted by atomic mass is 16.2. The minimum Gasteiger partial charge on any atom is -0.312 e. The maximum atomic E-state index is 12.7. The van der Waals surface area contributed by atoms with Crippen LogP contribution < -0.4 is 10.2 Å². The van der Waals surface area contributed by atoms with Crippen molar-refractivity contribution in [3.63, 3.8) is 0 Å². The SMILES string of the molecule is CCCNC1CCCN(C(=O)C2CCC2)c2ccccc21. The second-order valence-corrected chi connectivity index (χ2v) is 6.33. The van der Waals surface area contributed by atoms with Crippen LogP contribution in [0.25, 0.3) is 0 Å². The van der Waals surface area contributed by atoms with Gasteiger partial charge in [-0.25, -0.2) is 0 Å². The molecule has 0 saturated heterocycles. The molecule has 0 aromatic heterocycles. The van der Waals surface area contributed by atoms with E-state index in [0.29, 0.717) is 11.9 Å². The Balaban J connectivity index is 1.86. The molecule has 1 aliphatic heterocycles. The van der Waals surface area contributed by atoms with Crippen molar-refractivity contribution in [3.8, 4) is 0 Å². The molecule has 2 aliphatic rings. The van der Waals surface area contributed by atoms with Crippen LogP contribution in [0.4, 0.5) is 5.69 Å². The first-order chi connectivity index (χ1) is 10.3. The van der Waals surface area contributed by atoms with E-state index in [-0.39, 0.29) is 5.92 Å². The number of amides is 1. The Labute approximate surface area is 127 Å². The number of carbonyl (C=O) groups excluding carboxylic acids is 1. The quantitative estimate of drug-likeness (QED) is 0.916. The van der Waals surface area contributed by atoms with Gasteiger partial charge in [0, 0.05) is 24.2 Å². The molecular weight excluding hydrogens is 260 g/mol. The lowest BCUT2D eigenvalue weighted by molar-refractivity contribution is -0.124. The Bertz CT molecular complexity index is 496. The number of benzene rings is 1. The highest BCUT2D eigenvalue weighted by Crippen LogP contribution is 2.36. The van der Waals surface area contributed by atoms with Crippen molar-refractivity contribution in [2.24, 2.45) is 5.92 Å². The number of carbonyl (C=O) groups is 1. The number of para-hydroxylation sites is 1. The molecule has 1 atom stereocenters. The van der Waals surface area contributed by atoms with Crippen LogP contribution in [-0.2, 0) is 4.79 Å². The van der Waals surface area contributed by atoms with Gasteiger partial charge in [0.2, 0.25) is 5.91 Å². The van der Waals surface area contributed by atoms with Gasteiger partial charge < -0.3 is 10.2 Å². The Hall–Kier alpha value is -1.35. The van der Waals surface area contributed by atoms with Crippen LogP contribution in [0, 0.1) is 5.92 Å². The molecule has 1 amide bonds. The zero-order chi connectivity index (χ0) is 14.7. The Morgan fingerprint density at radius 2 is 2.05 bits per heavy atom. The fraction of sp³-hybridized carbons (Fsp3) is 0.611. The van der Waals surface area contributed by atoms with Crippen LogP contribution in [0.1, 0.15) is 57.1 Å². The predicted molar refractivity (Wildman–Crippen MR) is 86.4 cm³/mol. The van der Waals surface area contributed by atoms with Crippen molar-refractivity contribution in [3.05, 3.63) is 29.8 Å². The van der Waals surface area contributed by atoms with Crippen molar-refractivity contribution in [2.75, 3.05) is 18.0 Å². The van der Waals surface area contributed by atoms with E-state index >= 15 is 0 Å². The van der Waals surface area contributed by atoms with Crippen molar-refractivity contribution < 1.29 is 4.79 Å². The lowest BCUT2D eigenvalue weighted by Gasteiger charge is -2.32. The maximum absolute atomic E-state index is 12.7. The first-order valence-corrected chi connectivity index (χ1v) is 8.45. The number of nitrogens with one attached hydrogen (secondary N) is 1. The molecule has 3 rings (SSSR count). The largest absolute Gasteiger partial charge is 0.312 e. The highest BCUT2D eigenvalue weighted by Gasteiger charge is 2.33. The third kappa shape index (κ3) is 2.98. The molecule has 3 heteroatoms. The molecule has 114 valence electrons. The molecule has 1 saturated carbocycles. The maximum Gasteiger partial charge on any atom is 0.230 e. The van der Waals surface area contributed by atoms with Gasteiger partial charge in [-0.3, -0.25) is 4.79 Å². The first kappa shape index (κ1) is 14.6. The average Bonchev–Trinajstić information content (AvgIpc) is 2.63. The van der Waals surface area contributed by atoms with E-state index in [2.05, 4.69) is 41.4 Å². The second kappa shape index (κ2) is 6.61. The van der Waals surface area contributed by atoms with E-state index in [1.165, 1.54) is 12.0 Å². The molecule has 1 heterocycles. The number of anilines is 1. The standard InChI is InChI=1S/C18H26N2O/c1-2-12-19-16-10-6-13-20(18(21)14-7-5-8-14)17-11-4-3-9-15(16)17/h3-4,9,11,14,16,19H,2,5-8,10,12-13H2,1H3. The van der Waals surface area contributed by atoms with Crippen LogP contribution in [-0.4, -0.2) is 19.0 Å². The highest BCUT2D eigenvalue weighted by molar-refractivity contribution is 5.96. The van der Waals surface area contributed by atoms with Gasteiger partial charge in [-0.1, -0.05) is 31.5 Å². The van der Waals surface area contributed by atoms with Gasteiger partial charge in [-0.2, -0.15) is 0 Å². The zero-order valence-electron chi connectivity index (χ0n) is 13.0. The third-order valence-corrected chi connectivity index (χ3v) is 4.84. The molecular formula is C18H26N2O. The van der Waals surface area contributed by atoms with Gasteiger partial charge in [0.1, 0.15) is 0 Å². The number of nitrogens with zero attached hydrogens (tertiary/aromatic N) is 1. The molecule has 0 spiro atoms. The summed E-state index contributed by atoms with van der Waals surface area (Å²) in [5.41, 5.74) is 2.44. The smallest absolute Gasteiger partial charge is 0.230 e. The number of rotatable bonds is 4. The van der Waals surface area contributed by atoms with E-state index in [1.807, 2.05) is 0 Å². The first-order valence-electron chi connectivity index (χ1n) is 8.45. The summed E-state index contributed by atoms with van der Waals surface area (Å²) >= 11 is 0. The van der Waals surface area contributed by atoms with Gasteiger partial charge in [-0.05, 0) is 50.3 Å². The van der Waals surface area contributed by atoms with Crippen molar-refractivity contribution in [1.29, 1.82) is 0 Å². The van der Waals surface area contributed by atoms with Gasteiger partial charge in [0.25, 0.3) is 0 Å². The van der Waals surface area contributed by atoms with Crippen molar-refractivity contribution in [2.45, 2.75) is 51.5 Å². The van der Waals surface area contributed by atoms with E-state index in [9.17, 15) is 4.79 Å². The molecule has 0 bridgehead atoms. The van der Waals surface area contributed by atoms with Gasteiger partial charge >= 0.3 is 0 Å². The summed E-state index contributed by atoms with van der Waals surface area (Å²) in [7, 11) is 0. The van der Waals surface area contributed by atoms with Crippen LogP contribution in [0.3, 0.4) is 0 Å². The number of fused-ring (bicyclic) bond motifs is 1. The molecule has 1 aromatic carbocycles. The fourth-order valence-corrected chi connectivity index (χ4v) is 3.39. The summed E-state index contributed by atoms with van der Waals surface area (Å²) < 4.78 is 0. The molecule has 1 N–H and O–H groups in total. The van der Waals surface area contributed by atoms with E-state index in [0.717, 1.165) is 50.9 Å². The van der Waals surface area contributed by atoms with E-state index in [4.69, 9.17) is 0 Å². The van der Waals surface area contributed by atoms with Crippen molar-refractivity contribution in [1.82, 2.24) is 5.32 Å². The molecule has 21 heavy (non-hydrogen) atoms. The number of hydrogen-bond acceptors (Lipinski definition) is 2. The van der Waals surface area contributed by atoms with Gasteiger partial charge in [-0.15, -0.1) is 0 Å². The van der Waals surface area contributed by atoms with Crippen LogP contribution in [0.2, 0.25) is 0 Å². The number of hydrogen-bond donors (Lipinski definition) is 1. The van der Waals surface area contributed by atoms with Gasteiger partial charge in [0.15, 0.2) is 0 Å². The summed E-state index contributed by atoms with van der Waals surface area (Å²) in [6, 6.07) is 8.85. The minimum absolute atomic E-state index is 0.276. The summed E-state index contributed by atoms with van der Waals surface area (Å²) in [6.07, 6.45) is 6.71. The molecule has 3 nitrogen and oxygen atoms in total. The third-order valence-electron chi connectivity index (χ3n) is 4.84. The summed E-state index contributed by atoms with van der Waals surface area (Å²) in [6.45, 7) is 4.11. The summed E-state index contributed by atoms with van der Waals surface area (Å²) in [4.78, 5) is 14.8. The fourth-order valence-electron chi connectivity index (χ4n) is 3.39. The zero-order valence-corrected chi connectivity index (χ0v) is 13.0. The van der Waals surface area contributed by atoms with Gasteiger partial charge in [0.05, 0.1) is 0 Å². The molecule has 0 radical (unpaired) electrons. The lowest BCUT2D eigenvalue weighted by atomic mass is 9.84. The van der Waals surface area contributed by atoms with Crippen LogP contribution in [0.15, 0.2) is 24.3 Å². The predicted octanol–water partition coefficient (Wildman–Crippen LogP) is 3.65. The molecule has 1 fully saturated rings. The summed E-state index contributed by atoms with van der Waals surface area (Å²) in [5.74, 6) is 0.628. The van der Waals surface area contributed by atoms with Crippen molar-refractivity contribution >= 4 is 11.6 Å². The normalized spacial score (nSPS) is 22.3. The average molecular weight is 286 g/mol. The Morgan fingerprint density at radius 3 is 2.76 bits per heavy atom. The monoisotopic (exact) mass is 286 g/mol. The molecule has 1 aliphatic carbocycles. The molecule has 1 unspecified atom stereocenters. The van der Waals surface area contributed by atoms with E-state index < -0.39 is 0 Å². The lowest BCUT2D eigenvalue weighted by Crippen LogP contribution is -2.39. The molecule has 1 aromatic rings.